The van der Waals surface area contributed by atoms with E-state index < -0.39 is 5.82 Å². The minimum atomic E-state index is -0.413. The highest BCUT2D eigenvalue weighted by molar-refractivity contribution is 6.15. The monoisotopic (exact) mass is 353 g/mol. The number of fused-ring (bicyclic) bond motifs is 1. The molecular weight excluding hydrogens is 333 g/mol. The Morgan fingerprint density at radius 1 is 1.27 bits per heavy atom. The fourth-order valence-corrected chi connectivity index (χ4v) is 3.63. The van der Waals surface area contributed by atoms with Gasteiger partial charge in [-0.3, -0.25) is 9.69 Å². The van der Waals surface area contributed by atoms with Gasteiger partial charge in [-0.15, -0.1) is 0 Å². The molecular formula is C21H20FNO3. The van der Waals surface area contributed by atoms with Crippen molar-refractivity contribution >= 4 is 11.9 Å². The van der Waals surface area contributed by atoms with Crippen LogP contribution in [-0.4, -0.2) is 28.9 Å². The summed E-state index contributed by atoms with van der Waals surface area (Å²) in [5, 5.41) is 10.4. The second-order valence-corrected chi connectivity index (χ2v) is 6.84. The van der Waals surface area contributed by atoms with Crippen molar-refractivity contribution in [1.82, 2.24) is 4.90 Å². The van der Waals surface area contributed by atoms with Crippen molar-refractivity contribution < 1.29 is 19.0 Å². The number of ketones is 1. The number of carbonyl (C=O) groups is 1. The Balaban J connectivity index is 1.75. The number of hydrogen-bond acceptors (Lipinski definition) is 4. The number of likely N-dealkylation sites (tertiary alicyclic amines) is 1. The topological polar surface area (TPSA) is 49.8 Å². The molecule has 26 heavy (non-hydrogen) atoms. The van der Waals surface area contributed by atoms with Gasteiger partial charge in [-0.05, 0) is 56.6 Å². The molecule has 0 bridgehead atoms. The number of rotatable bonds is 3. The van der Waals surface area contributed by atoms with Crippen LogP contribution in [0.1, 0.15) is 39.9 Å². The lowest BCUT2D eigenvalue weighted by atomic mass is 9.99. The Hall–Kier alpha value is -2.66. The van der Waals surface area contributed by atoms with Crippen molar-refractivity contribution in [2.24, 2.45) is 0 Å². The van der Waals surface area contributed by atoms with Crippen LogP contribution in [0.3, 0.4) is 0 Å². The van der Waals surface area contributed by atoms with Crippen LogP contribution >= 0.6 is 0 Å². The van der Waals surface area contributed by atoms with Crippen LogP contribution < -0.4 is 4.74 Å². The predicted octanol–water partition coefficient (Wildman–Crippen LogP) is 4.05. The number of Topliss-reactive ketones (excluding diaryl/α,β-unsaturated/α-hetero) is 1. The Morgan fingerprint density at radius 3 is 2.73 bits per heavy atom. The van der Waals surface area contributed by atoms with Gasteiger partial charge in [0.1, 0.15) is 17.3 Å². The molecule has 2 aromatic carbocycles. The van der Waals surface area contributed by atoms with Gasteiger partial charge in [0.2, 0.25) is 5.78 Å². The number of aryl methyl sites for hydroxylation is 1. The first kappa shape index (κ1) is 16.8. The van der Waals surface area contributed by atoms with Crippen molar-refractivity contribution in [3.63, 3.8) is 0 Å². The van der Waals surface area contributed by atoms with E-state index in [-0.39, 0.29) is 17.3 Å². The SMILES string of the molecule is Cc1cc(O)c(CN2CCCC2)c2c1C(=O)/C(=C/c1ccccc1F)O2. The third-order valence-corrected chi connectivity index (χ3v) is 4.99. The van der Waals surface area contributed by atoms with Crippen LogP contribution in [0.5, 0.6) is 11.5 Å². The number of allylic oxidation sites excluding steroid dienone is 1. The first-order valence-corrected chi connectivity index (χ1v) is 8.81. The summed E-state index contributed by atoms with van der Waals surface area (Å²) < 4.78 is 19.8. The van der Waals surface area contributed by atoms with Crippen molar-refractivity contribution in [2.75, 3.05) is 13.1 Å². The molecule has 4 nitrogen and oxygen atoms in total. The predicted molar refractivity (Wildman–Crippen MR) is 96.7 cm³/mol. The molecule has 2 aliphatic rings. The van der Waals surface area contributed by atoms with E-state index in [1.165, 1.54) is 12.1 Å². The molecule has 2 heterocycles. The van der Waals surface area contributed by atoms with E-state index in [1.54, 1.807) is 31.2 Å². The van der Waals surface area contributed by atoms with E-state index in [0.29, 0.717) is 34.5 Å². The highest BCUT2D eigenvalue weighted by Crippen LogP contribution is 2.42. The van der Waals surface area contributed by atoms with E-state index in [2.05, 4.69) is 4.90 Å². The van der Waals surface area contributed by atoms with E-state index in [9.17, 15) is 14.3 Å². The summed E-state index contributed by atoms with van der Waals surface area (Å²) in [6, 6.07) is 7.85. The maximum atomic E-state index is 13.9. The maximum Gasteiger partial charge on any atom is 0.232 e. The molecule has 5 heteroatoms. The lowest BCUT2D eigenvalue weighted by molar-refractivity contribution is 0.101. The number of nitrogens with zero attached hydrogens (tertiary/aromatic N) is 1. The molecule has 2 aliphatic heterocycles. The molecule has 0 aliphatic carbocycles. The normalized spacial score (nSPS) is 18.4. The number of benzene rings is 2. The largest absolute Gasteiger partial charge is 0.507 e. The standard InChI is InChI=1S/C21H20FNO3/c1-13-10-17(24)15(12-23-8-4-5-9-23)21-19(13)20(25)18(26-21)11-14-6-2-3-7-16(14)22/h2-3,6-7,10-11,24H,4-5,8-9,12H2,1H3/b18-11-. The highest BCUT2D eigenvalue weighted by atomic mass is 19.1. The van der Waals surface area contributed by atoms with Crippen LogP contribution in [0, 0.1) is 12.7 Å². The molecule has 0 radical (unpaired) electrons. The van der Waals surface area contributed by atoms with Crippen molar-refractivity contribution in [2.45, 2.75) is 26.3 Å². The van der Waals surface area contributed by atoms with E-state index in [1.807, 2.05) is 0 Å². The van der Waals surface area contributed by atoms with Gasteiger partial charge in [0.05, 0.1) is 11.1 Å². The van der Waals surface area contributed by atoms with Gasteiger partial charge in [0.15, 0.2) is 5.76 Å². The van der Waals surface area contributed by atoms with Gasteiger partial charge in [-0.2, -0.15) is 0 Å². The first-order chi connectivity index (χ1) is 12.5. The molecule has 0 amide bonds. The van der Waals surface area contributed by atoms with E-state index in [0.717, 1.165) is 25.9 Å². The minimum Gasteiger partial charge on any atom is -0.507 e. The van der Waals surface area contributed by atoms with Gasteiger partial charge in [-0.1, -0.05) is 18.2 Å². The third kappa shape index (κ3) is 2.88. The number of halogens is 1. The lowest BCUT2D eigenvalue weighted by Gasteiger charge is -2.18. The van der Waals surface area contributed by atoms with Crippen molar-refractivity contribution in [1.29, 1.82) is 0 Å². The molecule has 0 unspecified atom stereocenters. The van der Waals surface area contributed by atoms with Crippen LogP contribution in [0.15, 0.2) is 36.1 Å². The molecule has 134 valence electrons. The second-order valence-electron chi connectivity index (χ2n) is 6.84. The summed E-state index contributed by atoms with van der Waals surface area (Å²) in [6.07, 6.45) is 3.69. The molecule has 1 fully saturated rings. The fourth-order valence-electron chi connectivity index (χ4n) is 3.63. The molecule has 2 aromatic rings. The van der Waals surface area contributed by atoms with Crippen LogP contribution in [0.2, 0.25) is 0 Å². The highest BCUT2D eigenvalue weighted by Gasteiger charge is 2.34. The fraction of sp³-hybridized carbons (Fsp3) is 0.286. The number of ether oxygens (including phenoxy) is 1. The summed E-state index contributed by atoms with van der Waals surface area (Å²) in [5.41, 5.74) is 2.04. The molecule has 0 atom stereocenters. The number of carbonyl (C=O) groups excluding carboxylic acids is 1. The minimum absolute atomic E-state index is 0.0847. The maximum absolute atomic E-state index is 13.9. The quantitative estimate of drug-likeness (QED) is 0.846. The zero-order valence-corrected chi connectivity index (χ0v) is 14.6. The van der Waals surface area contributed by atoms with E-state index >= 15 is 0 Å². The molecule has 0 aromatic heterocycles. The lowest BCUT2D eigenvalue weighted by Crippen LogP contribution is -2.19. The smallest absolute Gasteiger partial charge is 0.232 e. The van der Waals surface area contributed by atoms with Crippen LogP contribution in [0.4, 0.5) is 4.39 Å². The summed E-state index contributed by atoms with van der Waals surface area (Å²) in [7, 11) is 0. The van der Waals surface area contributed by atoms with Crippen molar-refractivity contribution in [3.05, 3.63) is 64.2 Å². The Labute approximate surface area is 151 Å². The zero-order valence-electron chi connectivity index (χ0n) is 14.6. The Bertz CT molecular complexity index is 914. The van der Waals surface area contributed by atoms with Gasteiger partial charge >= 0.3 is 0 Å². The average Bonchev–Trinajstić information content (AvgIpc) is 3.22. The van der Waals surface area contributed by atoms with Gasteiger partial charge in [0.25, 0.3) is 0 Å². The summed E-state index contributed by atoms with van der Waals surface area (Å²) in [6.45, 7) is 4.24. The second kappa shape index (κ2) is 6.57. The molecule has 1 N–H and O–H groups in total. The summed E-state index contributed by atoms with van der Waals surface area (Å²) in [4.78, 5) is 15.1. The number of phenols is 1. The Kier molecular flexibility index (Phi) is 4.24. The third-order valence-electron chi connectivity index (χ3n) is 4.99. The first-order valence-electron chi connectivity index (χ1n) is 8.81. The average molecular weight is 353 g/mol. The number of hydrogen-bond donors (Lipinski definition) is 1. The van der Waals surface area contributed by atoms with Gasteiger partial charge in [0, 0.05) is 12.1 Å². The van der Waals surface area contributed by atoms with E-state index in [4.69, 9.17) is 4.74 Å². The van der Waals surface area contributed by atoms with Crippen LogP contribution in [0.25, 0.3) is 6.08 Å². The van der Waals surface area contributed by atoms with Gasteiger partial charge < -0.3 is 9.84 Å². The Morgan fingerprint density at radius 2 is 2.00 bits per heavy atom. The van der Waals surface area contributed by atoms with Gasteiger partial charge in [-0.25, -0.2) is 4.39 Å². The van der Waals surface area contributed by atoms with Crippen LogP contribution in [-0.2, 0) is 6.54 Å². The molecule has 4 rings (SSSR count). The number of phenolic OH excluding ortho intramolecular Hbond substituents is 1. The zero-order chi connectivity index (χ0) is 18.3. The number of aromatic hydroxyl groups is 1. The molecule has 0 saturated carbocycles. The molecule has 1 saturated heterocycles. The summed E-state index contributed by atoms with van der Waals surface area (Å²) in [5.74, 6) is -0.0656. The van der Waals surface area contributed by atoms with Crippen molar-refractivity contribution in [3.8, 4) is 11.5 Å². The molecule has 0 spiro atoms. The summed E-state index contributed by atoms with van der Waals surface area (Å²) >= 11 is 0.